The predicted molar refractivity (Wildman–Crippen MR) is 96.2 cm³/mol. The summed E-state index contributed by atoms with van der Waals surface area (Å²) in [5.41, 5.74) is 0.632. The Morgan fingerprint density at radius 3 is 2.96 bits per heavy atom. The summed E-state index contributed by atoms with van der Waals surface area (Å²) < 4.78 is 2.55. The summed E-state index contributed by atoms with van der Waals surface area (Å²) in [6, 6.07) is 7.16. The number of halogens is 1. The van der Waals surface area contributed by atoms with Crippen molar-refractivity contribution in [2.75, 3.05) is 0 Å². The minimum absolute atomic E-state index is 0.102. The third-order valence-corrected chi connectivity index (χ3v) is 6.54. The Morgan fingerprint density at radius 2 is 2.17 bits per heavy atom. The van der Waals surface area contributed by atoms with Crippen LogP contribution in [0.25, 0.3) is 9.75 Å². The summed E-state index contributed by atoms with van der Waals surface area (Å²) in [5, 5.41) is 0.796. The van der Waals surface area contributed by atoms with Gasteiger partial charge in [0, 0.05) is 23.7 Å². The molecule has 24 heavy (non-hydrogen) atoms. The molecule has 4 nitrogen and oxygen atoms in total. The first-order valence-corrected chi connectivity index (χ1v) is 9.56. The number of fused-ring (bicyclic) bond motifs is 1. The zero-order chi connectivity index (χ0) is 16.7. The van der Waals surface area contributed by atoms with Gasteiger partial charge in [0.25, 0.3) is 0 Å². The topological polar surface area (TPSA) is 52.0 Å². The Balaban J connectivity index is 1.52. The number of hydrogen-bond acceptors (Lipinski definition) is 5. The number of nitrogens with zero attached hydrogens (tertiary/aromatic N) is 2. The van der Waals surface area contributed by atoms with Gasteiger partial charge in [0.2, 0.25) is 0 Å². The van der Waals surface area contributed by atoms with Crippen LogP contribution in [0.4, 0.5) is 0 Å². The van der Waals surface area contributed by atoms with Crippen LogP contribution in [0, 0.1) is 0 Å². The van der Waals surface area contributed by atoms with Crippen LogP contribution in [-0.2, 0) is 11.2 Å². The fourth-order valence-corrected chi connectivity index (χ4v) is 5.02. The highest BCUT2D eigenvalue weighted by Crippen LogP contribution is 2.35. The average Bonchev–Trinajstić information content (AvgIpc) is 3.27. The van der Waals surface area contributed by atoms with Crippen LogP contribution >= 0.6 is 34.3 Å². The molecule has 0 aromatic carbocycles. The summed E-state index contributed by atoms with van der Waals surface area (Å²) >= 11 is 8.99. The normalized spacial score (nSPS) is 17.0. The van der Waals surface area contributed by atoms with Crippen LogP contribution in [0.15, 0.2) is 36.7 Å². The minimum Gasteiger partial charge on any atom is -0.335 e. The Labute approximate surface area is 151 Å². The van der Waals surface area contributed by atoms with E-state index in [4.69, 9.17) is 11.6 Å². The predicted octanol–water partition coefficient (Wildman–Crippen LogP) is 4.66. The van der Waals surface area contributed by atoms with E-state index in [1.165, 1.54) is 22.7 Å². The second-order valence-electron chi connectivity index (χ2n) is 5.64. The van der Waals surface area contributed by atoms with E-state index in [1.807, 2.05) is 29.0 Å². The lowest BCUT2D eigenvalue weighted by Gasteiger charge is -2.24. The summed E-state index contributed by atoms with van der Waals surface area (Å²) in [5.74, 6) is 0.209. The number of rotatable bonds is 4. The molecule has 0 N–H and O–H groups in total. The van der Waals surface area contributed by atoms with Gasteiger partial charge in [-0.2, -0.15) is 0 Å². The number of ketones is 2. The first kappa shape index (κ1) is 15.7. The smallest absolute Gasteiger partial charge is 0.179 e. The number of thiophene rings is 1. The molecule has 1 atom stereocenters. The Kier molecular flexibility index (Phi) is 4.12. The van der Waals surface area contributed by atoms with Crippen LogP contribution in [0.5, 0.6) is 0 Å². The molecule has 0 saturated carbocycles. The molecule has 1 unspecified atom stereocenters. The molecule has 1 aliphatic rings. The monoisotopic (exact) mass is 376 g/mol. The number of carbonyl (C=O) groups is 2. The van der Waals surface area contributed by atoms with E-state index in [0.717, 1.165) is 19.1 Å². The zero-order valence-corrected chi connectivity index (χ0v) is 15.0. The van der Waals surface area contributed by atoms with E-state index in [9.17, 15) is 9.59 Å². The highest BCUT2D eigenvalue weighted by Gasteiger charge is 2.29. The van der Waals surface area contributed by atoms with Gasteiger partial charge in [-0.25, -0.2) is 4.98 Å². The van der Waals surface area contributed by atoms with Crippen LogP contribution < -0.4 is 0 Å². The van der Waals surface area contributed by atoms with Gasteiger partial charge in [0.05, 0.1) is 27.4 Å². The summed E-state index contributed by atoms with van der Waals surface area (Å²) in [7, 11) is 0. The average molecular weight is 377 g/mol. The summed E-state index contributed by atoms with van der Waals surface area (Å²) in [4.78, 5) is 31.0. The van der Waals surface area contributed by atoms with E-state index in [0.29, 0.717) is 25.0 Å². The molecule has 0 radical (unpaired) electrons. The van der Waals surface area contributed by atoms with Crippen molar-refractivity contribution in [1.82, 2.24) is 9.55 Å². The number of carbonyl (C=O) groups excluding carboxylic acids is 2. The standard InChI is InChI=1S/C17H13ClN2O2S2/c18-16-6-5-14(23-16)15-9-19-17(24-15)8-13(22)11-3-4-12(21)10-2-1-7-20(10)11/h1-2,5-7,9,11H,3-4,8H2. The minimum atomic E-state index is -0.267. The maximum Gasteiger partial charge on any atom is 0.179 e. The molecular weight excluding hydrogens is 364 g/mol. The molecule has 122 valence electrons. The second-order valence-corrected chi connectivity index (χ2v) is 8.47. The van der Waals surface area contributed by atoms with Gasteiger partial charge in [-0.05, 0) is 30.7 Å². The van der Waals surface area contributed by atoms with E-state index >= 15 is 0 Å². The molecule has 0 amide bonds. The molecule has 3 aromatic rings. The van der Waals surface area contributed by atoms with Crippen LogP contribution in [0.2, 0.25) is 4.34 Å². The number of Topliss-reactive ketones (excluding diaryl/α,β-unsaturated/α-hetero) is 2. The van der Waals surface area contributed by atoms with Crippen LogP contribution in [-0.4, -0.2) is 21.1 Å². The SMILES string of the molecule is O=C1CCC(C(=O)Cc2ncc(-c3ccc(Cl)s3)s2)n2cccc21. The van der Waals surface area contributed by atoms with Crippen molar-refractivity contribution in [1.29, 1.82) is 0 Å². The summed E-state index contributed by atoms with van der Waals surface area (Å²) in [6.45, 7) is 0. The van der Waals surface area contributed by atoms with Gasteiger partial charge in [-0.15, -0.1) is 22.7 Å². The summed E-state index contributed by atoms with van der Waals surface area (Å²) in [6.07, 6.45) is 4.90. The highest BCUT2D eigenvalue weighted by molar-refractivity contribution is 7.24. The molecular formula is C17H13ClN2O2S2. The molecule has 4 heterocycles. The Morgan fingerprint density at radius 1 is 1.29 bits per heavy atom. The molecule has 4 rings (SSSR count). The lowest BCUT2D eigenvalue weighted by molar-refractivity contribution is -0.121. The van der Waals surface area contributed by atoms with Crippen LogP contribution in [0.1, 0.15) is 34.4 Å². The van der Waals surface area contributed by atoms with Crippen molar-refractivity contribution in [3.63, 3.8) is 0 Å². The third-order valence-electron chi connectivity index (χ3n) is 4.11. The second kappa shape index (κ2) is 6.27. The van der Waals surface area contributed by atoms with Gasteiger partial charge >= 0.3 is 0 Å². The van der Waals surface area contributed by atoms with Crippen molar-refractivity contribution in [2.45, 2.75) is 25.3 Å². The van der Waals surface area contributed by atoms with Crippen molar-refractivity contribution in [2.24, 2.45) is 0 Å². The fraction of sp³-hybridized carbons (Fsp3) is 0.235. The molecule has 0 spiro atoms. The molecule has 1 aliphatic heterocycles. The number of thiazole rings is 1. The first-order valence-electron chi connectivity index (χ1n) is 7.55. The number of aromatic nitrogens is 2. The van der Waals surface area contributed by atoms with Gasteiger partial charge in [-0.1, -0.05) is 11.6 Å². The van der Waals surface area contributed by atoms with E-state index in [1.54, 1.807) is 12.3 Å². The Hall–Kier alpha value is -1.76. The molecule has 0 fully saturated rings. The molecule has 0 saturated heterocycles. The molecule has 0 aliphatic carbocycles. The van der Waals surface area contributed by atoms with Gasteiger partial charge in [0.15, 0.2) is 11.6 Å². The van der Waals surface area contributed by atoms with Crippen molar-refractivity contribution in [3.05, 3.63) is 51.7 Å². The fourth-order valence-electron chi connectivity index (χ4n) is 2.97. The maximum atomic E-state index is 12.7. The Bertz CT molecular complexity index is 925. The van der Waals surface area contributed by atoms with E-state index in [2.05, 4.69) is 4.98 Å². The molecule has 3 aromatic heterocycles. The van der Waals surface area contributed by atoms with Crippen molar-refractivity contribution < 1.29 is 9.59 Å². The third kappa shape index (κ3) is 2.85. The lowest BCUT2D eigenvalue weighted by atomic mass is 9.97. The molecule has 0 bridgehead atoms. The van der Waals surface area contributed by atoms with E-state index in [-0.39, 0.29) is 17.6 Å². The zero-order valence-electron chi connectivity index (χ0n) is 12.6. The molecule has 7 heteroatoms. The van der Waals surface area contributed by atoms with Gasteiger partial charge in [-0.3, -0.25) is 9.59 Å². The first-order chi connectivity index (χ1) is 11.6. The van der Waals surface area contributed by atoms with Gasteiger partial charge in [0.1, 0.15) is 5.01 Å². The largest absolute Gasteiger partial charge is 0.335 e. The van der Waals surface area contributed by atoms with E-state index < -0.39 is 0 Å². The van der Waals surface area contributed by atoms with Gasteiger partial charge < -0.3 is 4.57 Å². The van der Waals surface area contributed by atoms with Crippen molar-refractivity contribution in [3.8, 4) is 9.75 Å². The maximum absolute atomic E-state index is 12.7. The quantitative estimate of drug-likeness (QED) is 0.665. The van der Waals surface area contributed by atoms with Crippen LogP contribution in [0.3, 0.4) is 0 Å². The lowest BCUT2D eigenvalue weighted by Crippen LogP contribution is -2.28. The highest BCUT2D eigenvalue weighted by atomic mass is 35.5. The number of hydrogen-bond donors (Lipinski definition) is 0. The van der Waals surface area contributed by atoms with Crippen molar-refractivity contribution >= 4 is 45.8 Å².